The second-order valence-corrected chi connectivity index (χ2v) is 3.43. The molecule has 1 N–H and O–H groups in total. The lowest BCUT2D eigenvalue weighted by molar-refractivity contribution is -0.200. The third kappa shape index (κ3) is 4.78. The van der Waals surface area contributed by atoms with Gasteiger partial charge in [0.25, 0.3) is 11.8 Å². The second-order valence-electron chi connectivity index (χ2n) is 3.43. The minimum absolute atomic E-state index is 0.0575. The molecule has 1 aliphatic rings. The second kappa shape index (κ2) is 7.75. The number of amides is 2. The SMILES string of the molecule is O=C(COCCOCCO)ON1C(=O)CCC1=O. The van der Waals surface area contributed by atoms with Crippen molar-refractivity contribution in [3.8, 4) is 0 Å². The van der Waals surface area contributed by atoms with E-state index >= 15 is 0 Å². The summed E-state index contributed by atoms with van der Waals surface area (Å²) in [6.07, 6.45) is 0.115. The van der Waals surface area contributed by atoms with Gasteiger partial charge in [-0.15, -0.1) is 5.06 Å². The molecule has 0 radical (unpaired) electrons. The lowest BCUT2D eigenvalue weighted by Crippen LogP contribution is -2.33. The maximum Gasteiger partial charge on any atom is 0.358 e. The van der Waals surface area contributed by atoms with E-state index in [2.05, 4.69) is 4.84 Å². The van der Waals surface area contributed by atoms with Crippen molar-refractivity contribution in [3.05, 3.63) is 0 Å². The molecule has 0 aromatic heterocycles. The number of hydrogen-bond donors (Lipinski definition) is 1. The molecule has 0 aromatic carbocycles. The molecule has 0 saturated carbocycles. The summed E-state index contributed by atoms with van der Waals surface area (Å²) in [5, 5.41) is 8.88. The van der Waals surface area contributed by atoms with E-state index in [-0.39, 0.29) is 45.9 Å². The summed E-state index contributed by atoms with van der Waals surface area (Å²) >= 11 is 0. The Morgan fingerprint density at radius 2 is 1.72 bits per heavy atom. The van der Waals surface area contributed by atoms with Crippen molar-refractivity contribution in [2.75, 3.05) is 33.0 Å². The molecular formula is C10H15NO7. The van der Waals surface area contributed by atoms with Crippen LogP contribution in [0, 0.1) is 0 Å². The normalized spacial score (nSPS) is 15.3. The Labute approximate surface area is 103 Å². The van der Waals surface area contributed by atoms with Gasteiger partial charge in [-0.3, -0.25) is 9.59 Å². The predicted molar refractivity (Wildman–Crippen MR) is 55.9 cm³/mol. The number of imide groups is 1. The number of carbonyl (C=O) groups is 3. The first kappa shape index (κ1) is 14.6. The lowest BCUT2D eigenvalue weighted by atomic mass is 10.4. The van der Waals surface area contributed by atoms with Crippen LogP contribution >= 0.6 is 0 Å². The fourth-order valence-corrected chi connectivity index (χ4v) is 1.23. The summed E-state index contributed by atoms with van der Waals surface area (Å²) in [6, 6.07) is 0. The van der Waals surface area contributed by atoms with E-state index in [1.807, 2.05) is 0 Å². The Kier molecular flexibility index (Phi) is 6.26. The van der Waals surface area contributed by atoms with E-state index in [1.54, 1.807) is 0 Å². The maximum atomic E-state index is 11.2. The highest BCUT2D eigenvalue weighted by molar-refractivity contribution is 6.01. The molecule has 1 saturated heterocycles. The van der Waals surface area contributed by atoms with Crippen LogP contribution in [0.4, 0.5) is 0 Å². The molecule has 102 valence electrons. The molecule has 1 fully saturated rings. The number of carbonyl (C=O) groups excluding carboxylic acids is 3. The standard InChI is InChI=1S/C10H15NO7/c12-3-4-16-5-6-17-7-10(15)18-11-8(13)1-2-9(11)14/h12H,1-7H2. The van der Waals surface area contributed by atoms with Gasteiger partial charge >= 0.3 is 5.97 Å². The number of hydrogen-bond acceptors (Lipinski definition) is 7. The van der Waals surface area contributed by atoms with Crippen molar-refractivity contribution in [2.45, 2.75) is 12.8 Å². The molecule has 2 amide bonds. The first-order valence-electron chi connectivity index (χ1n) is 5.48. The molecule has 1 heterocycles. The van der Waals surface area contributed by atoms with Crippen LogP contribution < -0.4 is 0 Å². The minimum atomic E-state index is -0.819. The molecule has 18 heavy (non-hydrogen) atoms. The zero-order chi connectivity index (χ0) is 13.4. The number of aliphatic hydroxyl groups is 1. The van der Waals surface area contributed by atoms with Crippen LogP contribution in [0.15, 0.2) is 0 Å². The topological polar surface area (TPSA) is 102 Å². The third-order valence-electron chi connectivity index (χ3n) is 2.03. The fraction of sp³-hybridized carbons (Fsp3) is 0.700. The Balaban J connectivity index is 2.10. The van der Waals surface area contributed by atoms with Gasteiger partial charge in [0.15, 0.2) is 0 Å². The molecule has 8 nitrogen and oxygen atoms in total. The van der Waals surface area contributed by atoms with Gasteiger partial charge < -0.3 is 19.4 Å². The van der Waals surface area contributed by atoms with Crippen molar-refractivity contribution in [2.24, 2.45) is 0 Å². The summed E-state index contributed by atoms with van der Waals surface area (Å²) in [5.74, 6) is -1.87. The van der Waals surface area contributed by atoms with Crippen molar-refractivity contribution < 1.29 is 33.8 Å². The van der Waals surface area contributed by atoms with Crippen LogP contribution in [0.1, 0.15) is 12.8 Å². The van der Waals surface area contributed by atoms with Crippen LogP contribution in [0.5, 0.6) is 0 Å². The zero-order valence-corrected chi connectivity index (χ0v) is 9.79. The van der Waals surface area contributed by atoms with Gasteiger partial charge in [0.2, 0.25) is 0 Å². The summed E-state index contributed by atoms with van der Waals surface area (Å²) in [4.78, 5) is 38.0. The molecule has 0 bridgehead atoms. The molecule has 1 rings (SSSR count). The van der Waals surface area contributed by atoms with E-state index in [0.29, 0.717) is 5.06 Å². The van der Waals surface area contributed by atoms with Crippen LogP contribution in [-0.4, -0.2) is 61.0 Å². The smallest absolute Gasteiger partial charge is 0.358 e. The quantitative estimate of drug-likeness (QED) is 0.424. The van der Waals surface area contributed by atoms with Gasteiger partial charge in [0, 0.05) is 12.8 Å². The van der Waals surface area contributed by atoms with Crippen LogP contribution in [0.2, 0.25) is 0 Å². The maximum absolute atomic E-state index is 11.2. The van der Waals surface area contributed by atoms with Crippen molar-refractivity contribution in [3.63, 3.8) is 0 Å². The lowest BCUT2D eigenvalue weighted by Gasteiger charge is -2.12. The van der Waals surface area contributed by atoms with Crippen molar-refractivity contribution in [1.82, 2.24) is 5.06 Å². The fourth-order valence-electron chi connectivity index (χ4n) is 1.23. The molecule has 0 spiro atoms. The van der Waals surface area contributed by atoms with Gasteiger partial charge in [0.05, 0.1) is 26.4 Å². The first-order chi connectivity index (χ1) is 8.65. The number of hydroxylamine groups is 2. The van der Waals surface area contributed by atoms with Gasteiger partial charge in [-0.05, 0) is 0 Å². The third-order valence-corrected chi connectivity index (χ3v) is 2.03. The van der Waals surface area contributed by atoms with Gasteiger partial charge in [-0.1, -0.05) is 0 Å². The molecule has 0 aromatic rings. The van der Waals surface area contributed by atoms with Gasteiger partial charge in [-0.25, -0.2) is 4.79 Å². The molecule has 8 heteroatoms. The van der Waals surface area contributed by atoms with Crippen molar-refractivity contribution in [1.29, 1.82) is 0 Å². The number of nitrogens with zero attached hydrogens (tertiary/aromatic N) is 1. The first-order valence-corrected chi connectivity index (χ1v) is 5.48. The molecular weight excluding hydrogens is 246 g/mol. The number of ether oxygens (including phenoxy) is 2. The minimum Gasteiger partial charge on any atom is -0.394 e. The zero-order valence-electron chi connectivity index (χ0n) is 9.79. The average Bonchev–Trinajstić information content (AvgIpc) is 2.65. The summed E-state index contributed by atoms with van der Waals surface area (Å²) in [5.41, 5.74) is 0. The van der Waals surface area contributed by atoms with E-state index in [4.69, 9.17) is 14.6 Å². The Morgan fingerprint density at radius 1 is 1.11 bits per heavy atom. The highest BCUT2D eigenvalue weighted by Gasteiger charge is 2.32. The van der Waals surface area contributed by atoms with E-state index in [0.717, 1.165) is 0 Å². The predicted octanol–water partition coefficient (Wildman–Crippen LogP) is -1.38. The molecule has 0 aliphatic carbocycles. The number of rotatable bonds is 8. The van der Waals surface area contributed by atoms with Crippen molar-refractivity contribution >= 4 is 17.8 Å². The van der Waals surface area contributed by atoms with Gasteiger partial charge in [-0.2, -0.15) is 0 Å². The van der Waals surface area contributed by atoms with E-state index in [9.17, 15) is 14.4 Å². The molecule has 0 unspecified atom stereocenters. The molecule has 1 aliphatic heterocycles. The summed E-state index contributed by atoms with van der Waals surface area (Å²) in [7, 11) is 0. The summed E-state index contributed by atoms with van der Waals surface area (Å²) < 4.78 is 9.78. The Hall–Kier alpha value is -1.51. The monoisotopic (exact) mass is 261 g/mol. The average molecular weight is 261 g/mol. The van der Waals surface area contributed by atoms with Crippen LogP contribution in [0.3, 0.4) is 0 Å². The highest BCUT2D eigenvalue weighted by atomic mass is 16.7. The number of aliphatic hydroxyl groups excluding tert-OH is 1. The Morgan fingerprint density at radius 3 is 2.33 bits per heavy atom. The van der Waals surface area contributed by atoms with Crippen LogP contribution in [-0.2, 0) is 28.7 Å². The highest BCUT2D eigenvalue weighted by Crippen LogP contribution is 2.11. The van der Waals surface area contributed by atoms with Gasteiger partial charge in [0.1, 0.15) is 6.61 Å². The largest absolute Gasteiger partial charge is 0.394 e. The summed E-state index contributed by atoms with van der Waals surface area (Å²) in [6.45, 7) is 0.123. The van der Waals surface area contributed by atoms with E-state index < -0.39 is 17.8 Å². The van der Waals surface area contributed by atoms with Crippen LogP contribution in [0.25, 0.3) is 0 Å². The molecule has 0 atom stereocenters. The Bertz CT molecular complexity index is 301. The van der Waals surface area contributed by atoms with E-state index in [1.165, 1.54) is 0 Å².